The van der Waals surface area contributed by atoms with Gasteiger partial charge < -0.3 is 20.5 Å². The second kappa shape index (κ2) is 10.5. The van der Waals surface area contributed by atoms with Gasteiger partial charge in [-0.2, -0.15) is 0 Å². The number of hydrogen-bond donors (Lipinski definition) is 3. The van der Waals surface area contributed by atoms with E-state index in [2.05, 4.69) is 34.9 Å². The lowest BCUT2D eigenvalue weighted by molar-refractivity contribution is -0.139. The minimum atomic E-state index is -0.884. The van der Waals surface area contributed by atoms with Crippen molar-refractivity contribution in [2.75, 3.05) is 13.2 Å². The van der Waals surface area contributed by atoms with Crippen LogP contribution in [0.1, 0.15) is 63.0 Å². The number of aliphatic carboxylic acids is 1. The minimum Gasteiger partial charge on any atom is -0.481 e. The van der Waals surface area contributed by atoms with Crippen LogP contribution in [-0.2, 0) is 14.3 Å². The predicted octanol–water partition coefficient (Wildman–Crippen LogP) is 4.70. The van der Waals surface area contributed by atoms with Crippen LogP contribution in [0.3, 0.4) is 0 Å². The van der Waals surface area contributed by atoms with E-state index in [0.29, 0.717) is 19.4 Å². The van der Waals surface area contributed by atoms with Crippen molar-refractivity contribution in [2.45, 2.75) is 57.9 Å². The summed E-state index contributed by atoms with van der Waals surface area (Å²) in [4.78, 5) is 36.9. The summed E-state index contributed by atoms with van der Waals surface area (Å²) >= 11 is 0. The number of nitrogens with one attached hydrogen (secondary N) is 2. The fourth-order valence-electron chi connectivity index (χ4n) is 5.46. The number of amides is 2. The largest absolute Gasteiger partial charge is 0.481 e. The van der Waals surface area contributed by atoms with E-state index >= 15 is 0 Å². The van der Waals surface area contributed by atoms with E-state index in [-0.39, 0.29) is 36.8 Å². The highest BCUT2D eigenvalue weighted by molar-refractivity contribution is 5.84. The number of benzene rings is 2. The first kappa shape index (κ1) is 24.8. The van der Waals surface area contributed by atoms with Crippen LogP contribution in [-0.4, -0.2) is 42.3 Å². The molecule has 0 aromatic heterocycles. The summed E-state index contributed by atoms with van der Waals surface area (Å²) < 4.78 is 5.71. The van der Waals surface area contributed by atoms with Crippen molar-refractivity contribution in [3.05, 3.63) is 59.7 Å². The lowest BCUT2D eigenvalue weighted by Crippen LogP contribution is -2.56. The van der Waals surface area contributed by atoms with Gasteiger partial charge in [-0.25, -0.2) is 4.79 Å². The summed E-state index contributed by atoms with van der Waals surface area (Å²) in [6, 6.07) is 16.0. The normalized spacial score (nSPS) is 21.9. The molecular weight excluding hydrogens is 444 g/mol. The van der Waals surface area contributed by atoms with E-state index in [1.807, 2.05) is 31.2 Å². The molecule has 2 aliphatic carbocycles. The molecule has 3 unspecified atom stereocenters. The Balaban J connectivity index is 1.38. The summed E-state index contributed by atoms with van der Waals surface area (Å²) in [6.45, 7) is 4.18. The lowest BCUT2D eigenvalue weighted by atomic mass is 9.71. The molecule has 3 atom stereocenters. The molecule has 1 fully saturated rings. The third-order valence-corrected chi connectivity index (χ3v) is 7.50. The third kappa shape index (κ3) is 5.34. The molecule has 2 aliphatic rings. The maximum Gasteiger partial charge on any atom is 0.407 e. The van der Waals surface area contributed by atoms with Crippen molar-refractivity contribution >= 4 is 18.0 Å². The summed E-state index contributed by atoms with van der Waals surface area (Å²) in [7, 11) is 0. The fourth-order valence-corrected chi connectivity index (χ4v) is 5.46. The number of carboxylic acid groups (broad SMARTS) is 1. The molecule has 1 saturated carbocycles. The molecule has 0 spiro atoms. The SMILES string of the molecule is CC(CNC(=O)C1(C)CCCCC1NC(=O)OCC1c2ccccc2-c2ccccc21)CC(=O)O. The quantitative estimate of drug-likeness (QED) is 0.510. The molecule has 35 heavy (non-hydrogen) atoms. The molecule has 2 aromatic rings. The molecule has 186 valence electrons. The Hall–Kier alpha value is -3.35. The zero-order valence-corrected chi connectivity index (χ0v) is 20.4. The maximum atomic E-state index is 13.1. The Morgan fingerprint density at radius 1 is 1.06 bits per heavy atom. The van der Waals surface area contributed by atoms with Crippen LogP contribution < -0.4 is 10.6 Å². The molecule has 2 aromatic carbocycles. The summed E-state index contributed by atoms with van der Waals surface area (Å²) in [5.74, 6) is -1.23. The number of alkyl carbamates (subject to hydrolysis) is 1. The number of rotatable bonds is 8. The van der Waals surface area contributed by atoms with Crippen molar-refractivity contribution in [1.82, 2.24) is 10.6 Å². The molecule has 7 heteroatoms. The van der Waals surface area contributed by atoms with Gasteiger partial charge in [-0.15, -0.1) is 0 Å². The van der Waals surface area contributed by atoms with E-state index in [1.165, 1.54) is 11.1 Å². The third-order valence-electron chi connectivity index (χ3n) is 7.50. The van der Waals surface area contributed by atoms with Crippen LogP contribution in [0, 0.1) is 11.3 Å². The Morgan fingerprint density at radius 3 is 2.31 bits per heavy atom. The standard InChI is InChI=1S/C28H34N2O5/c1-18(15-25(31)32)16-29-26(33)28(2)14-8-7-13-24(28)30-27(34)35-17-23-21-11-5-3-9-19(21)20-10-4-6-12-22(20)23/h3-6,9-12,18,23-24H,7-8,13-17H2,1-2H3,(H,29,33)(H,30,34)(H,31,32). The van der Waals surface area contributed by atoms with E-state index in [0.717, 1.165) is 24.0 Å². The predicted molar refractivity (Wildman–Crippen MR) is 133 cm³/mol. The van der Waals surface area contributed by atoms with Crippen LogP contribution in [0.5, 0.6) is 0 Å². The smallest absolute Gasteiger partial charge is 0.407 e. The number of carboxylic acids is 1. The molecule has 3 N–H and O–H groups in total. The average molecular weight is 479 g/mol. The lowest BCUT2D eigenvalue weighted by Gasteiger charge is -2.40. The van der Waals surface area contributed by atoms with Gasteiger partial charge >= 0.3 is 12.1 Å². The molecular formula is C28H34N2O5. The van der Waals surface area contributed by atoms with Gasteiger partial charge in [0.25, 0.3) is 0 Å². The van der Waals surface area contributed by atoms with Crippen molar-refractivity contribution in [3.63, 3.8) is 0 Å². The van der Waals surface area contributed by atoms with Gasteiger partial charge in [0.15, 0.2) is 0 Å². The summed E-state index contributed by atoms with van der Waals surface area (Å²) in [6.07, 6.45) is 2.65. The zero-order chi connectivity index (χ0) is 25.0. The van der Waals surface area contributed by atoms with Crippen molar-refractivity contribution in [1.29, 1.82) is 0 Å². The first-order valence-corrected chi connectivity index (χ1v) is 12.4. The van der Waals surface area contributed by atoms with Crippen LogP contribution in [0.25, 0.3) is 11.1 Å². The van der Waals surface area contributed by atoms with Gasteiger partial charge in [0.2, 0.25) is 5.91 Å². The van der Waals surface area contributed by atoms with Gasteiger partial charge in [0.1, 0.15) is 6.61 Å². The summed E-state index contributed by atoms with van der Waals surface area (Å²) in [5, 5.41) is 14.8. The highest BCUT2D eigenvalue weighted by atomic mass is 16.5. The molecule has 0 saturated heterocycles. The molecule has 2 amide bonds. The van der Waals surface area contributed by atoms with Crippen molar-refractivity contribution in [2.24, 2.45) is 11.3 Å². The first-order chi connectivity index (χ1) is 16.8. The topological polar surface area (TPSA) is 105 Å². The first-order valence-electron chi connectivity index (χ1n) is 12.4. The maximum absolute atomic E-state index is 13.1. The van der Waals surface area contributed by atoms with E-state index in [9.17, 15) is 14.4 Å². The number of carbonyl (C=O) groups is 3. The number of carbonyl (C=O) groups excluding carboxylic acids is 2. The van der Waals surface area contributed by atoms with E-state index < -0.39 is 17.5 Å². The van der Waals surface area contributed by atoms with E-state index in [4.69, 9.17) is 9.84 Å². The molecule has 0 heterocycles. The number of ether oxygens (including phenoxy) is 1. The highest BCUT2D eigenvalue weighted by Crippen LogP contribution is 2.44. The van der Waals surface area contributed by atoms with Crippen LogP contribution in [0.2, 0.25) is 0 Å². The molecule has 7 nitrogen and oxygen atoms in total. The Kier molecular flexibility index (Phi) is 7.43. The highest BCUT2D eigenvalue weighted by Gasteiger charge is 2.44. The Labute approximate surface area is 206 Å². The molecule has 0 bridgehead atoms. The van der Waals surface area contributed by atoms with Crippen LogP contribution in [0.4, 0.5) is 4.79 Å². The average Bonchev–Trinajstić information content (AvgIpc) is 3.16. The Bertz CT molecular complexity index is 1050. The van der Waals surface area contributed by atoms with Crippen molar-refractivity contribution < 1.29 is 24.2 Å². The zero-order valence-electron chi connectivity index (χ0n) is 20.4. The summed E-state index contributed by atoms with van der Waals surface area (Å²) in [5.41, 5.74) is 3.88. The number of fused-ring (bicyclic) bond motifs is 3. The van der Waals surface area contributed by atoms with Gasteiger partial charge in [0, 0.05) is 24.9 Å². The fraction of sp³-hybridized carbons (Fsp3) is 0.464. The molecule has 4 rings (SSSR count). The van der Waals surface area contributed by atoms with E-state index in [1.54, 1.807) is 6.92 Å². The van der Waals surface area contributed by atoms with Gasteiger partial charge in [0.05, 0.1) is 5.41 Å². The van der Waals surface area contributed by atoms with Gasteiger partial charge in [-0.3, -0.25) is 9.59 Å². The minimum absolute atomic E-state index is 0.00156. The van der Waals surface area contributed by atoms with Crippen molar-refractivity contribution in [3.8, 4) is 11.1 Å². The van der Waals surface area contributed by atoms with Gasteiger partial charge in [-0.1, -0.05) is 68.3 Å². The number of hydrogen-bond acceptors (Lipinski definition) is 4. The van der Waals surface area contributed by atoms with Gasteiger partial charge in [-0.05, 0) is 47.9 Å². The Morgan fingerprint density at radius 2 is 1.69 bits per heavy atom. The van der Waals surface area contributed by atoms with Crippen LogP contribution in [0.15, 0.2) is 48.5 Å². The second-order valence-electron chi connectivity index (χ2n) is 10.1. The second-order valence-corrected chi connectivity index (χ2v) is 10.1. The molecule has 0 radical (unpaired) electrons. The molecule has 0 aliphatic heterocycles. The van der Waals surface area contributed by atoms with Crippen LogP contribution >= 0.6 is 0 Å². The monoisotopic (exact) mass is 478 g/mol.